The third-order valence-electron chi connectivity index (χ3n) is 1.83. The van der Waals surface area contributed by atoms with E-state index in [0.29, 0.717) is 13.0 Å². The molecule has 14 heavy (non-hydrogen) atoms. The average molecular weight is 191 g/mol. The van der Waals surface area contributed by atoms with Crippen LogP contribution in [0, 0.1) is 12.3 Å². The van der Waals surface area contributed by atoms with Gasteiger partial charge in [0.2, 0.25) is 0 Å². The lowest BCUT2D eigenvalue weighted by atomic mass is 10.2. The highest BCUT2D eigenvalue weighted by Crippen LogP contribution is 2.21. The summed E-state index contributed by atoms with van der Waals surface area (Å²) < 4.78 is 0. The van der Waals surface area contributed by atoms with Crippen LogP contribution in [-0.4, -0.2) is 16.8 Å². The smallest absolute Gasteiger partial charge is 0.123 e. The molecular weight excluding hydrogens is 178 g/mol. The Morgan fingerprint density at radius 2 is 2.14 bits per heavy atom. The lowest BCUT2D eigenvalue weighted by Crippen LogP contribution is -2.14. The topological polar surface area (TPSA) is 52.5 Å². The molecular formula is C11H13NO2. The van der Waals surface area contributed by atoms with E-state index in [4.69, 9.17) is 11.5 Å². The van der Waals surface area contributed by atoms with E-state index in [1.165, 1.54) is 12.1 Å². The molecule has 0 aliphatic rings. The highest BCUT2D eigenvalue weighted by molar-refractivity contribution is 5.38. The number of terminal acetylenes is 1. The van der Waals surface area contributed by atoms with Gasteiger partial charge in [0.1, 0.15) is 11.5 Å². The Morgan fingerprint density at radius 1 is 1.36 bits per heavy atom. The molecule has 0 spiro atoms. The first-order valence-corrected chi connectivity index (χ1v) is 4.39. The number of hydrogen-bond donors (Lipinski definition) is 3. The van der Waals surface area contributed by atoms with Crippen molar-refractivity contribution in [2.75, 3.05) is 6.54 Å². The van der Waals surface area contributed by atoms with E-state index in [1.807, 2.05) is 0 Å². The van der Waals surface area contributed by atoms with Crippen molar-refractivity contribution in [3.63, 3.8) is 0 Å². The van der Waals surface area contributed by atoms with Crippen molar-refractivity contribution in [3.8, 4) is 23.8 Å². The highest BCUT2D eigenvalue weighted by atomic mass is 16.3. The summed E-state index contributed by atoms with van der Waals surface area (Å²) in [7, 11) is 0. The fourth-order valence-corrected chi connectivity index (χ4v) is 1.09. The summed E-state index contributed by atoms with van der Waals surface area (Å²) in [4.78, 5) is 0. The monoisotopic (exact) mass is 191 g/mol. The van der Waals surface area contributed by atoms with E-state index in [9.17, 15) is 5.11 Å². The Bertz CT molecular complexity index is 342. The SMILES string of the molecule is C#CCCNCc1ccc(O)cc1O. The number of nitrogens with one attached hydrogen (secondary N) is 1. The molecule has 0 amide bonds. The van der Waals surface area contributed by atoms with E-state index in [-0.39, 0.29) is 11.5 Å². The molecule has 74 valence electrons. The highest BCUT2D eigenvalue weighted by Gasteiger charge is 2.00. The van der Waals surface area contributed by atoms with Crippen LogP contribution < -0.4 is 5.32 Å². The largest absolute Gasteiger partial charge is 0.508 e. The Labute approximate surface area is 83.4 Å². The van der Waals surface area contributed by atoms with Gasteiger partial charge >= 0.3 is 0 Å². The molecule has 0 heterocycles. The van der Waals surface area contributed by atoms with Gasteiger partial charge in [-0.1, -0.05) is 6.07 Å². The maximum atomic E-state index is 9.41. The molecule has 3 nitrogen and oxygen atoms in total. The molecule has 0 unspecified atom stereocenters. The molecule has 0 aromatic heterocycles. The fraction of sp³-hybridized carbons (Fsp3) is 0.273. The van der Waals surface area contributed by atoms with Crippen LogP contribution in [0.3, 0.4) is 0 Å². The molecule has 0 aliphatic heterocycles. The van der Waals surface area contributed by atoms with Gasteiger partial charge in [0.25, 0.3) is 0 Å². The number of rotatable bonds is 4. The minimum atomic E-state index is 0.0647. The molecule has 0 radical (unpaired) electrons. The maximum Gasteiger partial charge on any atom is 0.123 e. The summed E-state index contributed by atoms with van der Waals surface area (Å²) >= 11 is 0. The van der Waals surface area contributed by atoms with Crippen LogP contribution in [0.1, 0.15) is 12.0 Å². The summed E-state index contributed by atoms with van der Waals surface area (Å²) in [6, 6.07) is 4.53. The second kappa shape index (κ2) is 5.15. The Morgan fingerprint density at radius 3 is 2.79 bits per heavy atom. The van der Waals surface area contributed by atoms with Crippen LogP contribution in [-0.2, 0) is 6.54 Å². The van der Waals surface area contributed by atoms with Crippen molar-refractivity contribution < 1.29 is 10.2 Å². The summed E-state index contributed by atoms with van der Waals surface area (Å²) in [5.74, 6) is 2.67. The number of phenolic OH excluding ortho intramolecular Hbond substituents is 2. The molecule has 0 atom stereocenters. The van der Waals surface area contributed by atoms with Crippen molar-refractivity contribution in [2.24, 2.45) is 0 Å². The molecule has 0 saturated carbocycles. The van der Waals surface area contributed by atoms with Gasteiger partial charge in [-0.15, -0.1) is 12.3 Å². The standard InChI is InChI=1S/C11H13NO2/c1-2-3-6-12-8-9-4-5-10(13)7-11(9)14/h1,4-5,7,12-14H,3,6,8H2. The molecule has 1 rings (SSSR count). The summed E-state index contributed by atoms with van der Waals surface area (Å²) in [6.45, 7) is 1.27. The van der Waals surface area contributed by atoms with Gasteiger partial charge < -0.3 is 15.5 Å². The van der Waals surface area contributed by atoms with Gasteiger partial charge in [0, 0.05) is 31.1 Å². The lowest BCUT2D eigenvalue weighted by Gasteiger charge is -2.05. The molecule has 3 N–H and O–H groups in total. The van der Waals surface area contributed by atoms with Crippen molar-refractivity contribution in [1.29, 1.82) is 0 Å². The first-order chi connectivity index (χ1) is 6.74. The summed E-state index contributed by atoms with van der Waals surface area (Å²) in [5.41, 5.74) is 0.750. The van der Waals surface area contributed by atoms with Crippen LogP contribution in [0.25, 0.3) is 0 Å². The van der Waals surface area contributed by atoms with Crippen molar-refractivity contribution in [2.45, 2.75) is 13.0 Å². The zero-order valence-electron chi connectivity index (χ0n) is 7.83. The second-order valence-corrected chi connectivity index (χ2v) is 2.94. The third-order valence-corrected chi connectivity index (χ3v) is 1.83. The van der Waals surface area contributed by atoms with E-state index in [2.05, 4.69) is 11.2 Å². The molecule has 0 fully saturated rings. The summed E-state index contributed by atoms with van der Waals surface area (Å²) in [6.07, 6.45) is 5.75. The molecule has 1 aromatic rings. The van der Waals surface area contributed by atoms with Crippen LogP contribution in [0.15, 0.2) is 18.2 Å². The zero-order valence-corrected chi connectivity index (χ0v) is 7.83. The van der Waals surface area contributed by atoms with Gasteiger partial charge in [-0.2, -0.15) is 0 Å². The minimum absolute atomic E-state index is 0.0647. The van der Waals surface area contributed by atoms with Gasteiger partial charge in [-0.3, -0.25) is 0 Å². The Hall–Kier alpha value is -1.66. The first-order valence-electron chi connectivity index (χ1n) is 4.39. The predicted molar refractivity (Wildman–Crippen MR) is 54.9 cm³/mol. The number of benzene rings is 1. The lowest BCUT2D eigenvalue weighted by molar-refractivity contribution is 0.444. The Kier molecular flexibility index (Phi) is 3.84. The van der Waals surface area contributed by atoms with Crippen LogP contribution in [0.4, 0.5) is 0 Å². The van der Waals surface area contributed by atoms with Gasteiger partial charge in [0.05, 0.1) is 0 Å². The van der Waals surface area contributed by atoms with Gasteiger partial charge in [0.15, 0.2) is 0 Å². The number of hydrogen-bond acceptors (Lipinski definition) is 3. The predicted octanol–water partition coefficient (Wildman–Crippen LogP) is 1.21. The maximum absolute atomic E-state index is 9.41. The summed E-state index contributed by atoms with van der Waals surface area (Å²) in [5, 5.41) is 21.5. The third kappa shape index (κ3) is 3.00. The van der Waals surface area contributed by atoms with Crippen molar-refractivity contribution >= 4 is 0 Å². The van der Waals surface area contributed by atoms with Crippen LogP contribution >= 0.6 is 0 Å². The van der Waals surface area contributed by atoms with Gasteiger partial charge in [-0.25, -0.2) is 0 Å². The average Bonchev–Trinajstić information content (AvgIpc) is 2.15. The molecule has 1 aromatic carbocycles. The van der Waals surface area contributed by atoms with Gasteiger partial charge in [-0.05, 0) is 6.07 Å². The first kappa shape index (κ1) is 10.4. The second-order valence-electron chi connectivity index (χ2n) is 2.94. The molecule has 0 bridgehead atoms. The van der Waals surface area contributed by atoms with E-state index in [0.717, 1.165) is 12.1 Å². The van der Waals surface area contributed by atoms with Crippen LogP contribution in [0.2, 0.25) is 0 Å². The van der Waals surface area contributed by atoms with Crippen LogP contribution in [0.5, 0.6) is 11.5 Å². The van der Waals surface area contributed by atoms with E-state index >= 15 is 0 Å². The number of phenols is 2. The van der Waals surface area contributed by atoms with E-state index < -0.39 is 0 Å². The van der Waals surface area contributed by atoms with Crippen molar-refractivity contribution in [1.82, 2.24) is 5.32 Å². The Balaban J connectivity index is 2.47. The fourth-order valence-electron chi connectivity index (χ4n) is 1.09. The van der Waals surface area contributed by atoms with E-state index in [1.54, 1.807) is 6.07 Å². The molecule has 0 saturated heterocycles. The van der Waals surface area contributed by atoms with Crippen molar-refractivity contribution in [3.05, 3.63) is 23.8 Å². The molecule has 0 aliphatic carbocycles. The minimum Gasteiger partial charge on any atom is -0.508 e. The zero-order chi connectivity index (χ0) is 10.4. The number of aromatic hydroxyl groups is 2. The molecule has 3 heteroatoms. The normalized spacial score (nSPS) is 9.64. The quantitative estimate of drug-likeness (QED) is 0.495.